The van der Waals surface area contributed by atoms with E-state index in [9.17, 15) is 9.50 Å². The van der Waals surface area contributed by atoms with Crippen LogP contribution in [0.3, 0.4) is 0 Å². The number of aliphatic hydroxyl groups is 1. The number of benzene rings is 1. The number of aromatic nitrogens is 2. The molecule has 2 aromatic rings. The van der Waals surface area contributed by atoms with E-state index in [4.69, 9.17) is 14.2 Å². The van der Waals surface area contributed by atoms with Gasteiger partial charge in [0.25, 0.3) is 0 Å². The molecule has 7 nitrogen and oxygen atoms in total. The monoisotopic (exact) mass is 405 g/mol. The largest absolute Gasteiger partial charge is 0.497 e. The number of likely N-dealkylation sites (tertiary alicyclic amines) is 1. The van der Waals surface area contributed by atoms with E-state index >= 15 is 0 Å². The standard InChI is InChI=1S/C21H28FN3O4/c1-4-28-19-17(13-23-20(24-19)29-5-2)21(26)8-10-25(11-9-21)14-15-12-16(27-3)6-7-18(15)22/h6-7,12-13,26H,4-5,8-11,14H2,1-3H3. The summed E-state index contributed by atoms with van der Waals surface area (Å²) in [6, 6.07) is 4.97. The average molecular weight is 405 g/mol. The predicted octanol–water partition coefficient (Wildman–Crippen LogP) is 2.91. The Kier molecular flexibility index (Phi) is 6.87. The van der Waals surface area contributed by atoms with Crippen LogP contribution < -0.4 is 14.2 Å². The van der Waals surface area contributed by atoms with E-state index < -0.39 is 5.60 Å². The zero-order chi connectivity index (χ0) is 20.9. The van der Waals surface area contributed by atoms with Crippen molar-refractivity contribution < 1.29 is 23.7 Å². The molecule has 3 rings (SSSR count). The molecule has 0 saturated carbocycles. The molecule has 0 radical (unpaired) electrons. The van der Waals surface area contributed by atoms with Crippen molar-refractivity contribution in [2.24, 2.45) is 0 Å². The summed E-state index contributed by atoms with van der Waals surface area (Å²) in [5, 5.41) is 11.3. The van der Waals surface area contributed by atoms with Gasteiger partial charge in [0.1, 0.15) is 11.6 Å². The van der Waals surface area contributed by atoms with Gasteiger partial charge in [0, 0.05) is 31.4 Å². The lowest BCUT2D eigenvalue weighted by atomic mass is 9.85. The number of rotatable bonds is 8. The Labute approximate surface area is 170 Å². The number of ether oxygens (including phenoxy) is 3. The molecule has 0 spiro atoms. The first kappa shape index (κ1) is 21.3. The third-order valence-electron chi connectivity index (χ3n) is 5.12. The summed E-state index contributed by atoms with van der Waals surface area (Å²) in [4.78, 5) is 10.6. The molecule has 0 aliphatic carbocycles. The number of nitrogens with zero attached hydrogens (tertiary/aromatic N) is 3. The van der Waals surface area contributed by atoms with Crippen LogP contribution in [0.5, 0.6) is 17.6 Å². The summed E-state index contributed by atoms with van der Waals surface area (Å²) in [5.41, 5.74) is 0.0442. The minimum Gasteiger partial charge on any atom is -0.497 e. The molecule has 1 aromatic heterocycles. The minimum atomic E-state index is -1.10. The van der Waals surface area contributed by atoms with Gasteiger partial charge in [0.15, 0.2) is 0 Å². The summed E-state index contributed by atoms with van der Waals surface area (Å²) in [6.45, 7) is 6.25. The van der Waals surface area contributed by atoms with Gasteiger partial charge in [0.2, 0.25) is 5.88 Å². The van der Waals surface area contributed by atoms with Crippen molar-refractivity contribution in [2.45, 2.75) is 38.8 Å². The average Bonchev–Trinajstić information content (AvgIpc) is 2.72. The van der Waals surface area contributed by atoms with Crippen LogP contribution in [0, 0.1) is 5.82 Å². The van der Waals surface area contributed by atoms with Crippen LogP contribution in [-0.4, -0.2) is 53.4 Å². The molecule has 1 aromatic carbocycles. The molecule has 1 aliphatic rings. The maximum atomic E-state index is 14.1. The smallest absolute Gasteiger partial charge is 0.319 e. The minimum absolute atomic E-state index is 0.231. The van der Waals surface area contributed by atoms with Crippen molar-refractivity contribution >= 4 is 0 Å². The second-order valence-electron chi connectivity index (χ2n) is 7.00. The lowest BCUT2D eigenvalue weighted by Crippen LogP contribution is -2.42. The quantitative estimate of drug-likeness (QED) is 0.724. The first-order chi connectivity index (χ1) is 14.0. The summed E-state index contributed by atoms with van der Waals surface area (Å²) in [5.74, 6) is 0.716. The van der Waals surface area contributed by atoms with Crippen LogP contribution in [-0.2, 0) is 12.1 Å². The van der Waals surface area contributed by atoms with Gasteiger partial charge < -0.3 is 19.3 Å². The highest BCUT2D eigenvalue weighted by Gasteiger charge is 2.37. The summed E-state index contributed by atoms with van der Waals surface area (Å²) in [6.07, 6.45) is 2.52. The summed E-state index contributed by atoms with van der Waals surface area (Å²) in [7, 11) is 1.56. The Hall–Kier alpha value is -2.45. The second-order valence-corrected chi connectivity index (χ2v) is 7.00. The Morgan fingerprint density at radius 3 is 2.55 bits per heavy atom. The Bertz CT molecular complexity index is 826. The molecule has 1 saturated heterocycles. The number of halogens is 1. The summed E-state index contributed by atoms with van der Waals surface area (Å²) >= 11 is 0. The maximum Gasteiger partial charge on any atom is 0.319 e. The fourth-order valence-corrected chi connectivity index (χ4v) is 3.51. The zero-order valence-electron chi connectivity index (χ0n) is 17.2. The molecule has 2 heterocycles. The van der Waals surface area contributed by atoms with Gasteiger partial charge in [-0.25, -0.2) is 9.37 Å². The van der Waals surface area contributed by atoms with Gasteiger partial charge in [-0.05, 0) is 44.9 Å². The number of hydrogen-bond acceptors (Lipinski definition) is 7. The van der Waals surface area contributed by atoms with Crippen LogP contribution in [0.25, 0.3) is 0 Å². The molecule has 8 heteroatoms. The van der Waals surface area contributed by atoms with E-state index in [0.717, 1.165) is 0 Å². The molecule has 29 heavy (non-hydrogen) atoms. The highest BCUT2D eigenvalue weighted by molar-refractivity contribution is 5.32. The highest BCUT2D eigenvalue weighted by Crippen LogP contribution is 2.38. The summed E-state index contributed by atoms with van der Waals surface area (Å²) < 4.78 is 30.3. The lowest BCUT2D eigenvalue weighted by Gasteiger charge is -2.38. The Balaban J connectivity index is 1.72. The van der Waals surface area contributed by atoms with Crippen molar-refractivity contribution in [1.82, 2.24) is 14.9 Å². The van der Waals surface area contributed by atoms with Crippen molar-refractivity contribution in [2.75, 3.05) is 33.4 Å². The number of piperidine rings is 1. The molecule has 1 fully saturated rings. The van der Waals surface area contributed by atoms with E-state index in [1.165, 1.54) is 6.07 Å². The van der Waals surface area contributed by atoms with E-state index in [2.05, 4.69) is 14.9 Å². The van der Waals surface area contributed by atoms with Gasteiger partial charge in [-0.15, -0.1) is 0 Å². The van der Waals surface area contributed by atoms with Crippen molar-refractivity contribution in [3.63, 3.8) is 0 Å². The molecule has 158 valence electrons. The first-order valence-electron chi connectivity index (χ1n) is 9.89. The van der Waals surface area contributed by atoms with Gasteiger partial charge in [0.05, 0.1) is 31.5 Å². The topological polar surface area (TPSA) is 76.9 Å². The van der Waals surface area contributed by atoms with Crippen molar-refractivity contribution in [1.29, 1.82) is 0 Å². The van der Waals surface area contributed by atoms with Crippen LogP contribution >= 0.6 is 0 Å². The molecule has 1 aliphatic heterocycles. The molecule has 0 amide bonds. The fourth-order valence-electron chi connectivity index (χ4n) is 3.51. The fraction of sp³-hybridized carbons (Fsp3) is 0.524. The predicted molar refractivity (Wildman–Crippen MR) is 106 cm³/mol. The van der Waals surface area contributed by atoms with E-state index in [-0.39, 0.29) is 11.8 Å². The normalized spacial score (nSPS) is 16.4. The molecular weight excluding hydrogens is 377 g/mol. The van der Waals surface area contributed by atoms with Crippen LogP contribution in [0.2, 0.25) is 0 Å². The van der Waals surface area contributed by atoms with E-state index in [1.54, 1.807) is 25.4 Å². The van der Waals surface area contributed by atoms with E-state index in [0.29, 0.717) is 68.4 Å². The van der Waals surface area contributed by atoms with Crippen LogP contribution in [0.4, 0.5) is 4.39 Å². The molecule has 0 unspecified atom stereocenters. The van der Waals surface area contributed by atoms with Gasteiger partial charge in [-0.3, -0.25) is 4.90 Å². The first-order valence-corrected chi connectivity index (χ1v) is 9.89. The molecule has 0 atom stereocenters. The third kappa shape index (κ3) is 4.94. The Morgan fingerprint density at radius 2 is 1.90 bits per heavy atom. The van der Waals surface area contributed by atoms with Crippen LogP contribution in [0.1, 0.15) is 37.8 Å². The van der Waals surface area contributed by atoms with Gasteiger partial charge >= 0.3 is 6.01 Å². The van der Waals surface area contributed by atoms with Crippen molar-refractivity contribution in [3.05, 3.63) is 41.3 Å². The molecule has 1 N–H and O–H groups in total. The number of hydrogen-bond donors (Lipinski definition) is 1. The SMILES string of the molecule is CCOc1ncc(C2(O)CCN(Cc3cc(OC)ccc3F)CC2)c(OCC)n1. The Morgan fingerprint density at radius 1 is 1.17 bits per heavy atom. The molecular formula is C21H28FN3O4. The van der Waals surface area contributed by atoms with Gasteiger partial charge in [-0.1, -0.05) is 0 Å². The second kappa shape index (κ2) is 9.37. The lowest BCUT2D eigenvalue weighted by molar-refractivity contribution is -0.0305. The number of methoxy groups -OCH3 is 1. The third-order valence-corrected chi connectivity index (χ3v) is 5.12. The molecule has 0 bridgehead atoms. The highest BCUT2D eigenvalue weighted by atomic mass is 19.1. The zero-order valence-corrected chi connectivity index (χ0v) is 17.2. The maximum absolute atomic E-state index is 14.1. The van der Waals surface area contributed by atoms with E-state index in [1.807, 2.05) is 13.8 Å². The van der Waals surface area contributed by atoms with Crippen LogP contribution in [0.15, 0.2) is 24.4 Å². The van der Waals surface area contributed by atoms with Gasteiger partial charge in [-0.2, -0.15) is 4.98 Å². The van der Waals surface area contributed by atoms with Crippen molar-refractivity contribution in [3.8, 4) is 17.6 Å².